The maximum Gasteiger partial charge on any atom is 0.239 e. The topological polar surface area (TPSA) is 87.0 Å². The van der Waals surface area contributed by atoms with E-state index in [2.05, 4.69) is 5.32 Å². The number of benzene rings is 2. The van der Waals surface area contributed by atoms with Crippen LogP contribution in [0.15, 0.2) is 48.5 Å². The molecule has 0 fully saturated rings. The SMILES string of the molecule is N#Cc1ccc(NC(=O)CS(=O)(=O)CCCc2ccccc2)cc1Cl. The number of hydrogen-bond acceptors (Lipinski definition) is 4. The van der Waals surface area contributed by atoms with Gasteiger partial charge in [0.2, 0.25) is 5.91 Å². The molecule has 0 saturated heterocycles. The Bertz CT molecular complexity index is 890. The molecule has 0 heterocycles. The van der Waals surface area contributed by atoms with Crippen molar-refractivity contribution >= 4 is 33.0 Å². The second-order valence-corrected chi connectivity index (χ2v) is 8.13. The van der Waals surface area contributed by atoms with Gasteiger partial charge in [0.1, 0.15) is 11.8 Å². The fourth-order valence-corrected chi connectivity index (χ4v) is 3.72. The summed E-state index contributed by atoms with van der Waals surface area (Å²) in [6, 6.07) is 15.9. The van der Waals surface area contributed by atoms with Gasteiger partial charge in [-0.05, 0) is 36.6 Å². The molecule has 0 radical (unpaired) electrons. The van der Waals surface area contributed by atoms with Crippen LogP contribution in [0.25, 0.3) is 0 Å². The molecule has 130 valence electrons. The number of carbonyl (C=O) groups excluding carboxylic acids is 1. The van der Waals surface area contributed by atoms with Crippen molar-refractivity contribution in [2.45, 2.75) is 12.8 Å². The number of nitrogens with one attached hydrogen (secondary N) is 1. The Hall–Kier alpha value is -2.36. The highest BCUT2D eigenvalue weighted by molar-refractivity contribution is 7.92. The Morgan fingerprint density at radius 1 is 1.16 bits per heavy atom. The number of hydrogen-bond donors (Lipinski definition) is 1. The lowest BCUT2D eigenvalue weighted by molar-refractivity contribution is -0.113. The molecule has 25 heavy (non-hydrogen) atoms. The smallest absolute Gasteiger partial charge is 0.239 e. The van der Waals surface area contributed by atoms with Gasteiger partial charge < -0.3 is 5.32 Å². The van der Waals surface area contributed by atoms with E-state index >= 15 is 0 Å². The molecule has 2 aromatic carbocycles. The molecule has 5 nitrogen and oxygen atoms in total. The van der Waals surface area contributed by atoms with Gasteiger partial charge in [-0.3, -0.25) is 4.79 Å². The Balaban J connectivity index is 1.86. The van der Waals surface area contributed by atoms with Crippen LogP contribution in [0.4, 0.5) is 5.69 Å². The molecular weight excluding hydrogens is 360 g/mol. The highest BCUT2D eigenvalue weighted by Crippen LogP contribution is 2.20. The van der Waals surface area contributed by atoms with E-state index in [0.29, 0.717) is 18.5 Å². The number of amides is 1. The molecule has 0 bridgehead atoms. The van der Waals surface area contributed by atoms with Gasteiger partial charge in [0.25, 0.3) is 0 Å². The number of halogens is 1. The van der Waals surface area contributed by atoms with E-state index in [9.17, 15) is 13.2 Å². The van der Waals surface area contributed by atoms with Crippen molar-refractivity contribution in [1.29, 1.82) is 5.26 Å². The summed E-state index contributed by atoms with van der Waals surface area (Å²) in [7, 11) is -3.49. The lowest BCUT2D eigenvalue weighted by Crippen LogP contribution is -2.25. The van der Waals surface area contributed by atoms with Crippen LogP contribution in [-0.2, 0) is 21.1 Å². The zero-order chi connectivity index (χ0) is 18.3. The van der Waals surface area contributed by atoms with E-state index in [-0.39, 0.29) is 16.3 Å². The van der Waals surface area contributed by atoms with Gasteiger partial charge in [0.15, 0.2) is 9.84 Å². The fraction of sp³-hybridized carbons (Fsp3) is 0.222. The van der Waals surface area contributed by atoms with Crippen LogP contribution < -0.4 is 5.32 Å². The summed E-state index contributed by atoms with van der Waals surface area (Å²) in [5.74, 6) is -1.26. The van der Waals surface area contributed by atoms with Crippen molar-refractivity contribution in [3.8, 4) is 6.07 Å². The van der Waals surface area contributed by atoms with Gasteiger partial charge in [-0.25, -0.2) is 8.42 Å². The van der Waals surface area contributed by atoms with Gasteiger partial charge in [0, 0.05) is 5.69 Å². The average molecular weight is 377 g/mol. The summed E-state index contributed by atoms with van der Waals surface area (Å²) < 4.78 is 24.1. The first-order valence-electron chi connectivity index (χ1n) is 7.63. The largest absolute Gasteiger partial charge is 0.325 e. The number of carbonyl (C=O) groups is 1. The molecule has 0 aliphatic carbocycles. The van der Waals surface area contributed by atoms with Gasteiger partial charge in [0.05, 0.1) is 16.3 Å². The third-order valence-corrected chi connectivity index (χ3v) is 5.41. The van der Waals surface area contributed by atoms with Crippen molar-refractivity contribution in [2.75, 3.05) is 16.8 Å². The predicted molar refractivity (Wildman–Crippen MR) is 98.2 cm³/mol. The molecule has 0 aliphatic heterocycles. The van der Waals surface area contributed by atoms with Crippen molar-refractivity contribution in [3.63, 3.8) is 0 Å². The summed E-state index contributed by atoms with van der Waals surface area (Å²) >= 11 is 5.88. The van der Waals surface area contributed by atoms with E-state index < -0.39 is 21.5 Å². The maximum absolute atomic E-state index is 12.1. The standard InChI is InChI=1S/C18H17ClN2O3S/c19-17-11-16(9-8-15(17)12-20)21-18(22)13-25(23,24)10-4-7-14-5-2-1-3-6-14/h1-3,5-6,8-9,11H,4,7,10,13H2,(H,21,22). The Labute approximate surface area is 152 Å². The molecule has 1 amide bonds. The zero-order valence-corrected chi connectivity index (χ0v) is 15.0. The first kappa shape index (κ1) is 19.0. The summed E-state index contributed by atoms with van der Waals surface area (Å²) in [6.07, 6.45) is 1.11. The molecule has 0 atom stereocenters. The molecule has 1 N–H and O–H groups in total. The normalized spacial score (nSPS) is 10.9. The van der Waals surface area contributed by atoms with E-state index in [0.717, 1.165) is 5.56 Å². The molecular formula is C18H17ClN2O3S. The monoisotopic (exact) mass is 376 g/mol. The van der Waals surface area contributed by atoms with Crippen molar-refractivity contribution in [2.24, 2.45) is 0 Å². The van der Waals surface area contributed by atoms with E-state index in [1.54, 1.807) is 0 Å². The van der Waals surface area contributed by atoms with E-state index in [1.807, 2.05) is 36.4 Å². The predicted octanol–water partition coefficient (Wildman–Crippen LogP) is 3.20. The number of rotatable bonds is 7. The van der Waals surface area contributed by atoms with Crippen molar-refractivity contribution < 1.29 is 13.2 Å². The minimum atomic E-state index is -3.49. The highest BCUT2D eigenvalue weighted by Gasteiger charge is 2.17. The first-order valence-corrected chi connectivity index (χ1v) is 9.83. The summed E-state index contributed by atoms with van der Waals surface area (Å²) in [4.78, 5) is 11.9. The maximum atomic E-state index is 12.1. The van der Waals surface area contributed by atoms with Crippen LogP contribution in [0.2, 0.25) is 5.02 Å². The highest BCUT2D eigenvalue weighted by atomic mass is 35.5. The van der Waals surface area contributed by atoms with E-state index in [4.69, 9.17) is 16.9 Å². The van der Waals surface area contributed by atoms with Gasteiger partial charge in [-0.1, -0.05) is 41.9 Å². The third-order valence-electron chi connectivity index (χ3n) is 3.49. The Morgan fingerprint density at radius 2 is 1.88 bits per heavy atom. The Kier molecular flexibility index (Phi) is 6.57. The molecule has 2 rings (SSSR count). The van der Waals surface area contributed by atoms with Crippen LogP contribution in [0.3, 0.4) is 0 Å². The number of aryl methyl sites for hydroxylation is 1. The molecule has 0 aliphatic rings. The van der Waals surface area contributed by atoms with Crippen LogP contribution in [0, 0.1) is 11.3 Å². The molecule has 2 aromatic rings. The van der Waals surface area contributed by atoms with Crippen molar-refractivity contribution in [1.82, 2.24) is 0 Å². The quantitative estimate of drug-likeness (QED) is 0.803. The lowest BCUT2D eigenvalue weighted by Gasteiger charge is -2.07. The van der Waals surface area contributed by atoms with Crippen LogP contribution in [0.1, 0.15) is 17.5 Å². The zero-order valence-electron chi connectivity index (χ0n) is 13.4. The van der Waals surface area contributed by atoms with Gasteiger partial charge in [-0.15, -0.1) is 0 Å². The van der Waals surface area contributed by atoms with Crippen LogP contribution in [-0.4, -0.2) is 25.8 Å². The van der Waals surface area contributed by atoms with Crippen LogP contribution in [0.5, 0.6) is 0 Å². The number of nitriles is 1. The number of nitrogens with zero attached hydrogens (tertiary/aromatic N) is 1. The van der Waals surface area contributed by atoms with Gasteiger partial charge in [-0.2, -0.15) is 5.26 Å². The second kappa shape index (κ2) is 8.65. The van der Waals surface area contributed by atoms with E-state index in [1.165, 1.54) is 18.2 Å². The van der Waals surface area contributed by atoms with Crippen molar-refractivity contribution in [3.05, 3.63) is 64.7 Å². The minimum absolute atomic E-state index is 0.0521. The van der Waals surface area contributed by atoms with Crippen LogP contribution >= 0.6 is 11.6 Å². The molecule has 0 unspecified atom stereocenters. The molecule has 7 heteroatoms. The summed E-state index contributed by atoms with van der Waals surface area (Å²) in [5, 5.41) is 11.5. The summed E-state index contributed by atoms with van der Waals surface area (Å²) in [5.41, 5.74) is 1.70. The third kappa shape index (κ3) is 6.22. The number of anilines is 1. The fourth-order valence-electron chi connectivity index (χ4n) is 2.29. The Morgan fingerprint density at radius 3 is 2.52 bits per heavy atom. The molecule has 0 saturated carbocycles. The molecule has 0 aromatic heterocycles. The minimum Gasteiger partial charge on any atom is -0.325 e. The average Bonchev–Trinajstić information content (AvgIpc) is 2.55. The van der Waals surface area contributed by atoms with Gasteiger partial charge >= 0.3 is 0 Å². The molecule has 0 spiro atoms. The summed E-state index contributed by atoms with van der Waals surface area (Å²) in [6.45, 7) is 0. The lowest BCUT2D eigenvalue weighted by atomic mass is 10.1. The first-order chi connectivity index (χ1) is 11.9. The second-order valence-electron chi connectivity index (χ2n) is 5.54. The number of sulfone groups is 1.